The molecule has 1 aliphatic carbocycles. The van der Waals surface area contributed by atoms with Crippen molar-refractivity contribution >= 4 is 11.3 Å². The van der Waals surface area contributed by atoms with Gasteiger partial charge in [0.15, 0.2) is 0 Å². The van der Waals surface area contributed by atoms with E-state index < -0.39 is 0 Å². The van der Waals surface area contributed by atoms with Crippen LogP contribution in [0.15, 0.2) is 54.6 Å². The van der Waals surface area contributed by atoms with Crippen LogP contribution in [0.5, 0.6) is 11.5 Å². The molecule has 2 aromatic carbocycles. The SMILES string of the molecule is COc1ccc(-c2cc(-c3ccc(OC)cc3)c3c([s+]2)CCCC3)cc1. The topological polar surface area (TPSA) is 18.5 Å². The first-order valence-corrected chi connectivity index (χ1v) is 9.88. The maximum Gasteiger partial charge on any atom is 0.238 e. The summed E-state index contributed by atoms with van der Waals surface area (Å²) in [7, 11) is 3.42. The highest BCUT2D eigenvalue weighted by Gasteiger charge is 2.26. The molecule has 0 fully saturated rings. The van der Waals surface area contributed by atoms with Gasteiger partial charge in [0.2, 0.25) is 21.1 Å². The summed E-state index contributed by atoms with van der Waals surface area (Å²) in [4.78, 5) is 2.86. The Morgan fingerprint density at radius 1 is 0.731 bits per heavy atom. The van der Waals surface area contributed by atoms with Crippen LogP contribution in [0.4, 0.5) is 0 Å². The predicted molar refractivity (Wildman–Crippen MR) is 109 cm³/mol. The van der Waals surface area contributed by atoms with E-state index in [1.54, 1.807) is 14.2 Å². The van der Waals surface area contributed by atoms with E-state index in [4.69, 9.17) is 9.47 Å². The molecule has 0 unspecified atom stereocenters. The Kier molecular flexibility index (Phi) is 4.89. The molecule has 2 nitrogen and oxygen atoms in total. The van der Waals surface area contributed by atoms with Gasteiger partial charge in [-0.25, -0.2) is 0 Å². The summed E-state index contributed by atoms with van der Waals surface area (Å²) in [6.45, 7) is 0. The lowest BCUT2D eigenvalue weighted by molar-refractivity contribution is 0.415. The van der Waals surface area contributed by atoms with Gasteiger partial charge in [-0.15, -0.1) is 0 Å². The van der Waals surface area contributed by atoms with Gasteiger partial charge in [0.05, 0.1) is 14.2 Å². The first-order valence-electron chi connectivity index (χ1n) is 9.06. The molecule has 0 spiro atoms. The van der Waals surface area contributed by atoms with Crippen molar-refractivity contribution in [3.05, 3.63) is 65.0 Å². The van der Waals surface area contributed by atoms with Crippen LogP contribution in [0.1, 0.15) is 23.3 Å². The van der Waals surface area contributed by atoms with Crippen molar-refractivity contribution < 1.29 is 9.47 Å². The Morgan fingerprint density at radius 2 is 1.31 bits per heavy atom. The average molecular weight is 364 g/mol. The zero-order valence-electron chi connectivity index (χ0n) is 15.2. The van der Waals surface area contributed by atoms with E-state index in [2.05, 4.69) is 30.3 Å². The molecule has 1 aromatic heterocycles. The highest BCUT2D eigenvalue weighted by Crippen LogP contribution is 2.40. The lowest BCUT2D eigenvalue weighted by Crippen LogP contribution is -2.03. The second-order valence-electron chi connectivity index (χ2n) is 6.59. The van der Waals surface area contributed by atoms with Gasteiger partial charge in [-0.3, -0.25) is 0 Å². The first kappa shape index (κ1) is 17.0. The van der Waals surface area contributed by atoms with Gasteiger partial charge in [0.25, 0.3) is 0 Å². The van der Waals surface area contributed by atoms with E-state index in [-0.39, 0.29) is 0 Å². The van der Waals surface area contributed by atoms with Crippen LogP contribution in [-0.4, -0.2) is 14.2 Å². The third-order valence-corrected chi connectivity index (χ3v) is 6.30. The molecule has 3 heteroatoms. The van der Waals surface area contributed by atoms with Crippen LogP contribution in [0, 0.1) is 0 Å². The fourth-order valence-corrected chi connectivity index (χ4v) is 4.86. The number of rotatable bonds is 4. The number of hydrogen-bond donors (Lipinski definition) is 0. The molecule has 0 saturated heterocycles. The fourth-order valence-electron chi connectivity index (χ4n) is 3.58. The van der Waals surface area contributed by atoms with E-state index in [1.165, 1.54) is 57.7 Å². The minimum Gasteiger partial charge on any atom is -0.497 e. The van der Waals surface area contributed by atoms with Crippen molar-refractivity contribution in [3.8, 4) is 33.1 Å². The van der Waals surface area contributed by atoms with E-state index in [1.807, 2.05) is 35.6 Å². The number of methoxy groups -OCH3 is 2. The Labute approximate surface area is 159 Å². The fraction of sp³-hybridized carbons (Fsp3) is 0.261. The van der Waals surface area contributed by atoms with Crippen molar-refractivity contribution in [2.75, 3.05) is 14.2 Å². The molecule has 0 N–H and O–H groups in total. The standard InChI is InChI=1S/C23H23O2S/c1-24-18-11-7-16(8-12-18)21-15-23(17-9-13-19(25-2)14-10-17)26-22-6-4-3-5-20(21)22/h7-15H,3-6H2,1-2H3/q+1. The van der Waals surface area contributed by atoms with Gasteiger partial charge in [-0.2, -0.15) is 0 Å². The minimum atomic E-state index is 0.895. The number of aryl methyl sites for hydroxylation is 1. The van der Waals surface area contributed by atoms with Gasteiger partial charge in [0.1, 0.15) is 11.5 Å². The monoisotopic (exact) mass is 363 g/mol. The summed E-state index contributed by atoms with van der Waals surface area (Å²) in [5.74, 6) is 1.80. The zero-order chi connectivity index (χ0) is 17.9. The molecule has 26 heavy (non-hydrogen) atoms. The third-order valence-electron chi connectivity index (χ3n) is 5.03. The zero-order valence-corrected chi connectivity index (χ0v) is 16.1. The van der Waals surface area contributed by atoms with Crippen molar-refractivity contribution in [1.29, 1.82) is 0 Å². The number of fused-ring (bicyclic) bond motifs is 1. The normalized spacial score (nSPS) is 13.2. The maximum atomic E-state index is 5.32. The molecule has 0 atom stereocenters. The second-order valence-corrected chi connectivity index (χ2v) is 7.73. The number of ether oxygens (including phenoxy) is 2. The van der Waals surface area contributed by atoms with Crippen molar-refractivity contribution in [1.82, 2.24) is 0 Å². The van der Waals surface area contributed by atoms with Crippen LogP contribution >= 0.6 is 11.3 Å². The molecule has 4 rings (SSSR count). The number of benzene rings is 2. The maximum absolute atomic E-state index is 5.32. The molecule has 1 aliphatic rings. The first-order chi connectivity index (χ1) is 12.8. The van der Waals surface area contributed by atoms with Gasteiger partial charge < -0.3 is 9.47 Å². The molecule has 0 saturated carbocycles. The van der Waals surface area contributed by atoms with E-state index in [9.17, 15) is 0 Å². The molecule has 0 amide bonds. The molecular formula is C23H23O2S+. The predicted octanol–water partition coefficient (Wildman–Crippen LogP) is 6.26. The molecular weight excluding hydrogens is 340 g/mol. The van der Waals surface area contributed by atoms with Crippen LogP contribution in [0.25, 0.3) is 21.6 Å². The van der Waals surface area contributed by atoms with Gasteiger partial charge in [-0.1, -0.05) is 12.1 Å². The molecule has 0 aliphatic heterocycles. The minimum absolute atomic E-state index is 0.895. The second kappa shape index (κ2) is 7.46. The highest BCUT2D eigenvalue weighted by molar-refractivity contribution is 7.15. The largest absolute Gasteiger partial charge is 0.497 e. The lowest BCUT2D eigenvalue weighted by atomic mass is 9.91. The Morgan fingerprint density at radius 3 is 1.92 bits per heavy atom. The van der Waals surface area contributed by atoms with Crippen molar-refractivity contribution in [2.24, 2.45) is 0 Å². The molecule has 1 heterocycles. The molecule has 3 aromatic rings. The summed E-state index contributed by atoms with van der Waals surface area (Å²) in [5, 5.41) is 0. The van der Waals surface area contributed by atoms with Crippen LogP contribution < -0.4 is 9.47 Å². The van der Waals surface area contributed by atoms with E-state index in [0.29, 0.717) is 0 Å². The van der Waals surface area contributed by atoms with Gasteiger partial charge in [0, 0.05) is 23.6 Å². The van der Waals surface area contributed by atoms with Gasteiger partial charge in [-0.05, 0) is 66.8 Å². The Balaban J connectivity index is 1.83. The smallest absolute Gasteiger partial charge is 0.238 e. The highest BCUT2D eigenvalue weighted by atomic mass is 32.1. The van der Waals surface area contributed by atoms with E-state index in [0.717, 1.165) is 11.5 Å². The average Bonchev–Trinajstić information content (AvgIpc) is 2.73. The summed E-state index contributed by atoms with van der Waals surface area (Å²) in [5.41, 5.74) is 5.42. The van der Waals surface area contributed by atoms with Crippen LogP contribution in [0.3, 0.4) is 0 Å². The quantitative estimate of drug-likeness (QED) is 0.509. The van der Waals surface area contributed by atoms with E-state index >= 15 is 0 Å². The molecule has 0 radical (unpaired) electrons. The van der Waals surface area contributed by atoms with Crippen LogP contribution in [-0.2, 0) is 12.8 Å². The Hall–Kier alpha value is -2.39. The van der Waals surface area contributed by atoms with Gasteiger partial charge >= 0.3 is 0 Å². The number of hydrogen-bond acceptors (Lipinski definition) is 2. The lowest BCUT2D eigenvalue weighted by Gasteiger charge is -2.15. The van der Waals surface area contributed by atoms with Crippen molar-refractivity contribution in [2.45, 2.75) is 25.7 Å². The molecule has 0 bridgehead atoms. The Bertz CT molecular complexity index is 899. The molecule has 132 valence electrons. The summed E-state index contributed by atoms with van der Waals surface area (Å²) < 4.78 is 10.6. The van der Waals surface area contributed by atoms with Crippen LogP contribution in [0.2, 0.25) is 0 Å². The summed E-state index contributed by atoms with van der Waals surface area (Å²) >= 11 is 1.94. The van der Waals surface area contributed by atoms with Crippen molar-refractivity contribution in [3.63, 3.8) is 0 Å². The summed E-state index contributed by atoms with van der Waals surface area (Å²) in [6.07, 6.45) is 4.94. The third kappa shape index (κ3) is 3.32. The summed E-state index contributed by atoms with van der Waals surface area (Å²) in [6, 6.07) is 19.2.